The molecule has 1 aromatic heterocycles. The van der Waals surface area contributed by atoms with Gasteiger partial charge in [0.25, 0.3) is 0 Å². The molecule has 0 spiro atoms. The molecule has 1 aliphatic rings. The van der Waals surface area contributed by atoms with E-state index >= 15 is 0 Å². The SMILES string of the molecule is O=C(Nc1ccc(-c2ccc(N3CCOCC3)nn2)cc1)C(c1ccccc1)c1ccccc1. The van der Waals surface area contributed by atoms with Crippen molar-refractivity contribution in [2.45, 2.75) is 5.92 Å². The van der Waals surface area contributed by atoms with Gasteiger partial charge < -0.3 is 15.0 Å². The van der Waals surface area contributed by atoms with E-state index in [9.17, 15) is 4.79 Å². The van der Waals surface area contributed by atoms with Gasteiger partial charge in [0.05, 0.1) is 24.8 Å². The molecule has 1 amide bonds. The summed E-state index contributed by atoms with van der Waals surface area (Å²) in [6.45, 7) is 3.09. The molecule has 0 bridgehead atoms. The highest BCUT2D eigenvalue weighted by molar-refractivity contribution is 5.98. The number of hydrogen-bond donors (Lipinski definition) is 1. The summed E-state index contributed by atoms with van der Waals surface area (Å²) in [5, 5.41) is 11.9. The Labute approximate surface area is 199 Å². The minimum absolute atomic E-state index is 0.0696. The van der Waals surface area contributed by atoms with Crippen molar-refractivity contribution in [1.29, 1.82) is 0 Å². The van der Waals surface area contributed by atoms with E-state index in [1.165, 1.54) is 0 Å². The summed E-state index contributed by atoms with van der Waals surface area (Å²) in [6.07, 6.45) is 0. The van der Waals surface area contributed by atoms with E-state index in [0.717, 1.165) is 47.0 Å². The lowest BCUT2D eigenvalue weighted by Gasteiger charge is -2.27. The fourth-order valence-electron chi connectivity index (χ4n) is 4.17. The van der Waals surface area contributed by atoms with Crippen molar-refractivity contribution in [3.63, 3.8) is 0 Å². The summed E-state index contributed by atoms with van der Waals surface area (Å²) in [7, 11) is 0. The molecule has 2 heterocycles. The van der Waals surface area contributed by atoms with Crippen molar-refractivity contribution in [2.75, 3.05) is 36.5 Å². The van der Waals surface area contributed by atoms with Gasteiger partial charge in [-0.15, -0.1) is 10.2 Å². The number of nitrogens with one attached hydrogen (secondary N) is 1. The Morgan fingerprint density at radius 3 is 1.94 bits per heavy atom. The molecule has 1 aliphatic heterocycles. The molecule has 1 fully saturated rings. The third-order valence-electron chi connectivity index (χ3n) is 5.96. The molecule has 6 nitrogen and oxygen atoms in total. The topological polar surface area (TPSA) is 67.4 Å². The molecule has 170 valence electrons. The second-order valence-electron chi connectivity index (χ2n) is 8.20. The number of morpholine rings is 1. The highest BCUT2D eigenvalue weighted by atomic mass is 16.5. The van der Waals surface area contributed by atoms with Crippen LogP contribution in [0.5, 0.6) is 0 Å². The Bertz CT molecular complexity index is 1170. The van der Waals surface area contributed by atoms with Gasteiger partial charge in [0, 0.05) is 24.3 Å². The predicted molar refractivity (Wildman–Crippen MR) is 134 cm³/mol. The van der Waals surface area contributed by atoms with E-state index in [2.05, 4.69) is 20.4 Å². The van der Waals surface area contributed by atoms with Crippen LogP contribution in [0.4, 0.5) is 11.5 Å². The fourth-order valence-corrected chi connectivity index (χ4v) is 4.17. The predicted octanol–water partition coefficient (Wildman–Crippen LogP) is 4.75. The summed E-state index contributed by atoms with van der Waals surface area (Å²) in [5.41, 5.74) is 4.39. The first-order valence-corrected chi connectivity index (χ1v) is 11.5. The van der Waals surface area contributed by atoms with Crippen LogP contribution in [-0.2, 0) is 9.53 Å². The van der Waals surface area contributed by atoms with Gasteiger partial charge in [-0.2, -0.15) is 0 Å². The van der Waals surface area contributed by atoms with Crippen LogP contribution in [0.15, 0.2) is 97.1 Å². The highest BCUT2D eigenvalue weighted by Crippen LogP contribution is 2.27. The Morgan fingerprint density at radius 2 is 1.38 bits per heavy atom. The number of aromatic nitrogens is 2. The Hall–Kier alpha value is -4.03. The van der Waals surface area contributed by atoms with Crippen LogP contribution in [0.1, 0.15) is 17.0 Å². The lowest BCUT2D eigenvalue weighted by atomic mass is 9.90. The molecule has 0 atom stereocenters. The molecule has 0 radical (unpaired) electrons. The first kappa shape index (κ1) is 21.8. The average Bonchev–Trinajstić information content (AvgIpc) is 2.91. The lowest BCUT2D eigenvalue weighted by Crippen LogP contribution is -2.36. The van der Waals surface area contributed by atoms with Crippen LogP contribution in [-0.4, -0.2) is 42.4 Å². The second-order valence-corrected chi connectivity index (χ2v) is 8.20. The van der Waals surface area contributed by atoms with Crippen molar-refractivity contribution in [1.82, 2.24) is 10.2 Å². The average molecular weight is 451 g/mol. The van der Waals surface area contributed by atoms with Crippen LogP contribution >= 0.6 is 0 Å². The number of carbonyl (C=O) groups excluding carboxylic acids is 1. The van der Waals surface area contributed by atoms with Gasteiger partial charge >= 0.3 is 0 Å². The van der Waals surface area contributed by atoms with E-state index in [1.807, 2.05) is 97.1 Å². The van der Waals surface area contributed by atoms with Gasteiger partial charge in [-0.25, -0.2) is 0 Å². The van der Waals surface area contributed by atoms with Gasteiger partial charge in [-0.05, 0) is 35.4 Å². The van der Waals surface area contributed by atoms with E-state index in [4.69, 9.17) is 4.74 Å². The van der Waals surface area contributed by atoms with Crippen LogP contribution in [0, 0.1) is 0 Å². The third-order valence-corrected chi connectivity index (χ3v) is 5.96. The molecule has 3 aromatic carbocycles. The maximum absolute atomic E-state index is 13.3. The van der Waals surface area contributed by atoms with E-state index < -0.39 is 0 Å². The standard InChI is InChI=1S/C28H26N4O2/c33-28(27(22-7-3-1-4-8-22)23-9-5-2-6-10-23)29-24-13-11-21(12-14-24)25-15-16-26(31-30-25)32-17-19-34-20-18-32/h1-16,27H,17-20H2,(H,29,33). The van der Waals surface area contributed by atoms with Gasteiger partial charge in [0.15, 0.2) is 5.82 Å². The molecule has 0 saturated carbocycles. The van der Waals surface area contributed by atoms with E-state index in [-0.39, 0.29) is 11.8 Å². The highest BCUT2D eigenvalue weighted by Gasteiger charge is 2.22. The number of nitrogens with zero attached hydrogens (tertiary/aromatic N) is 3. The first-order valence-electron chi connectivity index (χ1n) is 11.5. The van der Waals surface area contributed by atoms with Gasteiger partial charge in [0.1, 0.15) is 0 Å². The molecule has 0 aliphatic carbocycles. The summed E-state index contributed by atoms with van der Waals surface area (Å²) < 4.78 is 5.40. The largest absolute Gasteiger partial charge is 0.378 e. The monoisotopic (exact) mass is 450 g/mol. The zero-order chi connectivity index (χ0) is 23.2. The molecule has 1 N–H and O–H groups in total. The molecule has 4 aromatic rings. The third kappa shape index (κ3) is 4.97. The number of amides is 1. The van der Waals surface area contributed by atoms with Crippen LogP contribution < -0.4 is 10.2 Å². The maximum Gasteiger partial charge on any atom is 0.236 e. The molecular formula is C28H26N4O2. The Kier molecular flexibility index (Phi) is 6.59. The smallest absolute Gasteiger partial charge is 0.236 e. The number of rotatable bonds is 6. The number of hydrogen-bond acceptors (Lipinski definition) is 5. The van der Waals surface area contributed by atoms with Crippen molar-refractivity contribution in [2.24, 2.45) is 0 Å². The fraction of sp³-hybridized carbons (Fsp3) is 0.179. The molecule has 0 unspecified atom stereocenters. The second kappa shape index (κ2) is 10.3. The van der Waals surface area contributed by atoms with Crippen molar-refractivity contribution >= 4 is 17.4 Å². The number of anilines is 2. The van der Waals surface area contributed by atoms with Crippen molar-refractivity contribution < 1.29 is 9.53 Å². The Morgan fingerprint density at radius 1 is 0.765 bits per heavy atom. The quantitative estimate of drug-likeness (QED) is 0.459. The molecule has 34 heavy (non-hydrogen) atoms. The zero-order valence-corrected chi connectivity index (χ0v) is 18.8. The lowest BCUT2D eigenvalue weighted by molar-refractivity contribution is -0.116. The van der Waals surface area contributed by atoms with Gasteiger partial charge in [-0.3, -0.25) is 4.79 Å². The number of benzene rings is 3. The Balaban J connectivity index is 1.31. The summed E-state index contributed by atoms with van der Waals surface area (Å²) in [6, 6.07) is 31.4. The summed E-state index contributed by atoms with van der Waals surface area (Å²) >= 11 is 0. The van der Waals surface area contributed by atoms with Crippen LogP contribution in [0.3, 0.4) is 0 Å². The summed E-state index contributed by atoms with van der Waals surface area (Å²) in [4.78, 5) is 15.5. The molecule has 1 saturated heterocycles. The van der Waals surface area contributed by atoms with Crippen molar-refractivity contribution in [3.05, 3.63) is 108 Å². The first-order chi connectivity index (χ1) is 16.8. The van der Waals surface area contributed by atoms with Gasteiger partial charge in [0.2, 0.25) is 5.91 Å². The molecular weight excluding hydrogens is 424 g/mol. The van der Waals surface area contributed by atoms with E-state index in [0.29, 0.717) is 13.2 Å². The number of carbonyl (C=O) groups is 1. The molecule has 6 heteroatoms. The minimum Gasteiger partial charge on any atom is -0.378 e. The van der Waals surface area contributed by atoms with Crippen LogP contribution in [0.2, 0.25) is 0 Å². The van der Waals surface area contributed by atoms with Gasteiger partial charge in [-0.1, -0.05) is 72.8 Å². The van der Waals surface area contributed by atoms with Crippen LogP contribution in [0.25, 0.3) is 11.3 Å². The summed E-state index contributed by atoms with van der Waals surface area (Å²) in [5.74, 6) is 0.407. The van der Waals surface area contributed by atoms with E-state index in [1.54, 1.807) is 0 Å². The number of ether oxygens (including phenoxy) is 1. The zero-order valence-electron chi connectivity index (χ0n) is 18.8. The normalized spacial score (nSPS) is 13.6. The van der Waals surface area contributed by atoms with Crippen molar-refractivity contribution in [3.8, 4) is 11.3 Å². The maximum atomic E-state index is 13.3. The molecule has 5 rings (SSSR count). The minimum atomic E-state index is -0.388.